The number of aromatic amines is 1. The monoisotopic (exact) mass is 324 g/mol. The predicted molar refractivity (Wildman–Crippen MR) is 90.7 cm³/mol. The van der Waals surface area contributed by atoms with Crippen LogP contribution in [0.5, 0.6) is 0 Å². The van der Waals surface area contributed by atoms with E-state index in [0.717, 1.165) is 48.4 Å². The van der Waals surface area contributed by atoms with Gasteiger partial charge in [-0.2, -0.15) is 0 Å². The minimum absolute atomic E-state index is 0.0387. The summed E-state index contributed by atoms with van der Waals surface area (Å²) in [7, 11) is 0. The molecule has 1 saturated carbocycles. The fourth-order valence-corrected chi connectivity index (χ4v) is 3.69. The molecule has 4 rings (SSSR count). The van der Waals surface area contributed by atoms with Gasteiger partial charge in [0.1, 0.15) is 5.82 Å². The van der Waals surface area contributed by atoms with Crippen molar-refractivity contribution in [1.82, 2.24) is 9.97 Å². The Balaban J connectivity index is 1.59. The molecule has 1 fully saturated rings. The van der Waals surface area contributed by atoms with Crippen LogP contribution in [0.3, 0.4) is 0 Å². The van der Waals surface area contributed by atoms with Crippen LogP contribution in [0.25, 0.3) is 0 Å². The van der Waals surface area contributed by atoms with Crippen molar-refractivity contribution in [1.29, 1.82) is 0 Å². The number of fused-ring (bicyclic) bond motifs is 1. The fraction of sp³-hybridized carbons (Fsp3) is 0.389. The summed E-state index contributed by atoms with van der Waals surface area (Å²) >= 11 is 0. The number of anilines is 2. The third-order valence-corrected chi connectivity index (χ3v) is 4.94. The largest absolute Gasteiger partial charge is 0.348 e. The molecule has 124 valence electrons. The molecule has 2 aliphatic rings. The summed E-state index contributed by atoms with van der Waals surface area (Å²) in [5, 5.41) is 5.89. The lowest BCUT2D eigenvalue weighted by molar-refractivity contribution is -0.119. The van der Waals surface area contributed by atoms with Crippen molar-refractivity contribution in [3.8, 4) is 0 Å². The predicted octanol–water partition coefficient (Wildman–Crippen LogP) is 3.01. The smallest absolute Gasteiger partial charge is 0.227 e. The lowest BCUT2D eigenvalue weighted by Gasteiger charge is -2.25. The van der Waals surface area contributed by atoms with Gasteiger partial charge in [-0.3, -0.25) is 9.59 Å². The van der Waals surface area contributed by atoms with Crippen LogP contribution in [0.15, 0.2) is 30.6 Å². The minimum Gasteiger partial charge on any atom is -0.348 e. The van der Waals surface area contributed by atoms with Gasteiger partial charge in [-0.25, -0.2) is 4.98 Å². The van der Waals surface area contributed by atoms with E-state index in [9.17, 15) is 9.59 Å². The molecule has 24 heavy (non-hydrogen) atoms. The van der Waals surface area contributed by atoms with E-state index in [-0.39, 0.29) is 23.7 Å². The number of nitrogens with zero attached hydrogens (tertiary/aromatic N) is 1. The zero-order chi connectivity index (χ0) is 16.5. The summed E-state index contributed by atoms with van der Waals surface area (Å²) in [5.74, 6) is 0.865. The Bertz CT molecular complexity index is 763. The molecular formula is C18H20N4O2. The Hall–Kier alpha value is -2.63. The van der Waals surface area contributed by atoms with Gasteiger partial charge in [0, 0.05) is 36.1 Å². The molecule has 1 unspecified atom stereocenters. The molecule has 1 aliphatic carbocycles. The van der Waals surface area contributed by atoms with Gasteiger partial charge in [-0.15, -0.1) is 0 Å². The van der Waals surface area contributed by atoms with Gasteiger partial charge >= 0.3 is 0 Å². The first kappa shape index (κ1) is 14.9. The number of benzene rings is 1. The van der Waals surface area contributed by atoms with Gasteiger partial charge in [-0.1, -0.05) is 18.9 Å². The zero-order valence-electron chi connectivity index (χ0n) is 13.3. The molecule has 1 atom stereocenters. The van der Waals surface area contributed by atoms with Gasteiger partial charge in [-0.05, 0) is 30.5 Å². The highest BCUT2D eigenvalue weighted by atomic mass is 16.2. The van der Waals surface area contributed by atoms with E-state index >= 15 is 0 Å². The molecular weight excluding hydrogens is 304 g/mol. The third kappa shape index (κ3) is 2.79. The third-order valence-electron chi connectivity index (χ3n) is 4.94. The van der Waals surface area contributed by atoms with E-state index in [4.69, 9.17) is 0 Å². The van der Waals surface area contributed by atoms with Gasteiger partial charge in [0.05, 0.1) is 5.92 Å². The van der Waals surface area contributed by atoms with Crippen LogP contribution in [0.1, 0.15) is 49.4 Å². The normalized spacial score (nSPS) is 20.5. The second-order valence-electron chi connectivity index (χ2n) is 6.55. The van der Waals surface area contributed by atoms with E-state index in [1.807, 2.05) is 18.2 Å². The van der Waals surface area contributed by atoms with Gasteiger partial charge in [0.25, 0.3) is 0 Å². The summed E-state index contributed by atoms with van der Waals surface area (Å²) in [4.78, 5) is 31.7. The summed E-state index contributed by atoms with van der Waals surface area (Å²) in [5.41, 5.74) is 2.49. The standard InChI is InChI=1S/C18H20N4O2/c23-16-10-14(17-19-7-8-20-17)13-6-5-12(9-15(13)22-16)21-18(24)11-3-1-2-4-11/h5-9,11,14H,1-4,10H2,(H,19,20)(H,21,24)(H,22,23). The quantitative estimate of drug-likeness (QED) is 0.811. The number of aromatic nitrogens is 2. The van der Waals surface area contributed by atoms with Crippen molar-refractivity contribution in [2.75, 3.05) is 10.6 Å². The Kier molecular flexibility index (Phi) is 3.80. The fourth-order valence-electron chi connectivity index (χ4n) is 3.69. The lowest BCUT2D eigenvalue weighted by atomic mass is 9.89. The molecule has 1 aromatic heterocycles. The number of amides is 2. The maximum absolute atomic E-state index is 12.3. The first-order valence-electron chi connectivity index (χ1n) is 8.44. The summed E-state index contributed by atoms with van der Waals surface area (Å²) < 4.78 is 0. The van der Waals surface area contributed by atoms with Crippen molar-refractivity contribution in [3.63, 3.8) is 0 Å². The number of hydrogen-bond donors (Lipinski definition) is 3. The van der Waals surface area contributed by atoms with E-state index in [1.165, 1.54) is 0 Å². The van der Waals surface area contributed by atoms with Gasteiger partial charge < -0.3 is 15.6 Å². The number of imidazole rings is 1. The first-order valence-corrected chi connectivity index (χ1v) is 8.44. The van der Waals surface area contributed by atoms with Crippen molar-refractivity contribution in [2.24, 2.45) is 5.92 Å². The van der Waals surface area contributed by atoms with E-state index in [1.54, 1.807) is 12.4 Å². The highest BCUT2D eigenvalue weighted by molar-refractivity contribution is 5.98. The molecule has 1 aromatic carbocycles. The molecule has 1 aliphatic heterocycles. The Labute approximate surface area is 140 Å². The Morgan fingerprint density at radius 3 is 2.83 bits per heavy atom. The second-order valence-corrected chi connectivity index (χ2v) is 6.55. The van der Waals surface area contributed by atoms with Crippen molar-refractivity contribution in [3.05, 3.63) is 42.0 Å². The molecule has 0 bridgehead atoms. The lowest BCUT2D eigenvalue weighted by Crippen LogP contribution is -2.25. The van der Waals surface area contributed by atoms with Gasteiger partial charge in [0.15, 0.2) is 0 Å². The molecule has 2 aromatic rings. The Morgan fingerprint density at radius 1 is 1.25 bits per heavy atom. The van der Waals surface area contributed by atoms with Crippen LogP contribution in [-0.4, -0.2) is 21.8 Å². The van der Waals surface area contributed by atoms with E-state index in [2.05, 4.69) is 20.6 Å². The molecule has 2 amide bonds. The summed E-state index contributed by atoms with van der Waals surface area (Å²) in [6, 6.07) is 5.71. The summed E-state index contributed by atoms with van der Waals surface area (Å²) in [6.45, 7) is 0. The molecule has 0 spiro atoms. The number of carbonyl (C=O) groups is 2. The Morgan fingerprint density at radius 2 is 2.08 bits per heavy atom. The molecule has 3 N–H and O–H groups in total. The van der Waals surface area contributed by atoms with Crippen LogP contribution in [0.2, 0.25) is 0 Å². The zero-order valence-corrected chi connectivity index (χ0v) is 13.3. The van der Waals surface area contributed by atoms with E-state index in [0.29, 0.717) is 6.42 Å². The molecule has 0 saturated heterocycles. The number of hydrogen-bond acceptors (Lipinski definition) is 3. The molecule has 6 heteroatoms. The molecule has 2 heterocycles. The topological polar surface area (TPSA) is 86.9 Å². The van der Waals surface area contributed by atoms with Crippen molar-refractivity contribution >= 4 is 23.2 Å². The number of rotatable bonds is 3. The SMILES string of the molecule is O=C1CC(c2ncc[nH]2)c2ccc(NC(=O)C3CCCC3)cc2N1. The van der Waals surface area contributed by atoms with Crippen LogP contribution in [-0.2, 0) is 9.59 Å². The highest BCUT2D eigenvalue weighted by Crippen LogP contribution is 2.37. The second kappa shape index (κ2) is 6.11. The summed E-state index contributed by atoms with van der Waals surface area (Å²) in [6.07, 6.45) is 8.01. The number of nitrogens with one attached hydrogen (secondary N) is 3. The first-order chi connectivity index (χ1) is 11.7. The van der Waals surface area contributed by atoms with Crippen molar-refractivity contribution in [2.45, 2.75) is 38.0 Å². The van der Waals surface area contributed by atoms with Crippen molar-refractivity contribution < 1.29 is 9.59 Å². The maximum atomic E-state index is 12.3. The highest BCUT2D eigenvalue weighted by Gasteiger charge is 2.29. The van der Waals surface area contributed by atoms with E-state index < -0.39 is 0 Å². The van der Waals surface area contributed by atoms with Crippen LogP contribution < -0.4 is 10.6 Å². The average Bonchev–Trinajstić information content (AvgIpc) is 3.27. The number of H-pyrrole nitrogens is 1. The molecule has 0 radical (unpaired) electrons. The van der Waals surface area contributed by atoms with Gasteiger partial charge in [0.2, 0.25) is 11.8 Å². The number of carbonyl (C=O) groups excluding carboxylic acids is 2. The average molecular weight is 324 g/mol. The van der Waals surface area contributed by atoms with Crippen LogP contribution >= 0.6 is 0 Å². The van der Waals surface area contributed by atoms with Crippen LogP contribution in [0.4, 0.5) is 11.4 Å². The van der Waals surface area contributed by atoms with Crippen LogP contribution in [0, 0.1) is 5.92 Å². The molecule has 6 nitrogen and oxygen atoms in total. The minimum atomic E-state index is -0.0802. The maximum Gasteiger partial charge on any atom is 0.227 e.